The fourth-order valence-corrected chi connectivity index (χ4v) is 2.03. The van der Waals surface area contributed by atoms with Crippen LogP contribution in [0.15, 0.2) is 42.5 Å². The van der Waals surface area contributed by atoms with Crippen LogP contribution in [-0.2, 0) is 25.6 Å². The molecule has 1 aromatic rings. The summed E-state index contributed by atoms with van der Waals surface area (Å²) in [5.41, 5.74) is 6.81. The minimum Gasteiger partial charge on any atom is -0.475 e. The van der Waals surface area contributed by atoms with E-state index in [1.165, 1.54) is 12.2 Å². The van der Waals surface area contributed by atoms with Gasteiger partial charge in [0.05, 0.1) is 6.04 Å². The van der Waals surface area contributed by atoms with E-state index in [9.17, 15) is 27.6 Å². The van der Waals surface area contributed by atoms with Gasteiger partial charge in [-0.05, 0) is 12.0 Å². The quantitative estimate of drug-likeness (QED) is 0.585. The molecule has 0 bridgehead atoms. The molecule has 2 rings (SSSR count). The van der Waals surface area contributed by atoms with Crippen LogP contribution in [0.3, 0.4) is 0 Å². The van der Waals surface area contributed by atoms with Gasteiger partial charge in [0.15, 0.2) is 0 Å². The highest BCUT2D eigenvalue weighted by atomic mass is 19.4. The maximum absolute atomic E-state index is 11.8. The van der Waals surface area contributed by atoms with E-state index in [0.29, 0.717) is 6.42 Å². The number of hydrogen-bond acceptors (Lipinski definition) is 5. The fourth-order valence-electron chi connectivity index (χ4n) is 2.03. The Balaban J connectivity index is 0.000000480. The van der Waals surface area contributed by atoms with Crippen LogP contribution in [0.2, 0.25) is 0 Å². The first kappa shape index (κ1) is 22.8. The summed E-state index contributed by atoms with van der Waals surface area (Å²) in [7, 11) is 0. The van der Waals surface area contributed by atoms with Crippen LogP contribution in [-0.4, -0.2) is 59.0 Å². The largest absolute Gasteiger partial charge is 0.490 e. The van der Waals surface area contributed by atoms with E-state index in [0.717, 1.165) is 10.5 Å². The normalized spacial score (nSPS) is 14.4. The summed E-state index contributed by atoms with van der Waals surface area (Å²) in [6.07, 6.45) is -2.22. The number of nitrogens with two attached hydrogens (primary N) is 1. The van der Waals surface area contributed by atoms with Gasteiger partial charge in [-0.1, -0.05) is 30.3 Å². The number of benzene rings is 1. The van der Waals surface area contributed by atoms with E-state index in [-0.39, 0.29) is 30.8 Å². The van der Waals surface area contributed by atoms with Crippen molar-refractivity contribution in [1.29, 1.82) is 0 Å². The number of alkyl halides is 3. The molecular weight excluding hydrogens is 383 g/mol. The van der Waals surface area contributed by atoms with Gasteiger partial charge in [0.25, 0.3) is 11.8 Å². The number of carboxylic acids is 1. The predicted octanol–water partition coefficient (Wildman–Crippen LogP) is 0.231. The lowest BCUT2D eigenvalue weighted by atomic mass is 10.1. The molecule has 152 valence electrons. The number of halogens is 3. The van der Waals surface area contributed by atoms with Gasteiger partial charge in [-0.2, -0.15) is 13.2 Å². The van der Waals surface area contributed by atoms with Crippen molar-refractivity contribution in [2.24, 2.45) is 5.73 Å². The second-order valence-electron chi connectivity index (χ2n) is 5.55. The van der Waals surface area contributed by atoms with E-state index in [1.54, 1.807) is 0 Å². The predicted molar refractivity (Wildman–Crippen MR) is 90.7 cm³/mol. The topological polar surface area (TPSA) is 130 Å². The zero-order valence-electron chi connectivity index (χ0n) is 14.5. The zero-order valence-corrected chi connectivity index (χ0v) is 14.5. The number of nitrogens with one attached hydrogen (secondary N) is 1. The maximum Gasteiger partial charge on any atom is 0.490 e. The highest BCUT2D eigenvalue weighted by Gasteiger charge is 2.38. The Morgan fingerprint density at radius 3 is 2.07 bits per heavy atom. The van der Waals surface area contributed by atoms with E-state index >= 15 is 0 Å². The third kappa shape index (κ3) is 7.58. The zero-order chi connectivity index (χ0) is 21.3. The molecule has 0 aliphatic carbocycles. The van der Waals surface area contributed by atoms with Crippen molar-refractivity contribution in [3.05, 3.63) is 48.0 Å². The molecule has 0 spiro atoms. The van der Waals surface area contributed by atoms with Gasteiger partial charge in [-0.25, -0.2) is 4.79 Å². The number of aliphatic carboxylic acids is 1. The summed E-state index contributed by atoms with van der Waals surface area (Å²) >= 11 is 0. The maximum atomic E-state index is 11.8. The van der Waals surface area contributed by atoms with Gasteiger partial charge >= 0.3 is 12.1 Å². The number of rotatable bonds is 6. The first-order valence-electron chi connectivity index (χ1n) is 7.93. The Bertz CT molecular complexity index is 732. The van der Waals surface area contributed by atoms with E-state index < -0.39 is 18.2 Å². The second kappa shape index (κ2) is 10.2. The van der Waals surface area contributed by atoms with Gasteiger partial charge in [-0.3, -0.25) is 19.3 Å². The molecule has 1 heterocycles. The van der Waals surface area contributed by atoms with Crippen molar-refractivity contribution in [2.45, 2.75) is 18.6 Å². The van der Waals surface area contributed by atoms with Crippen LogP contribution in [0.25, 0.3) is 0 Å². The van der Waals surface area contributed by atoms with E-state index in [1.807, 2.05) is 30.3 Å². The van der Waals surface area contributed by atoms with Crippen LogP contribution in [0, 0.1) is 0 Å². The standard InChI is InChI=1S/C15H17N3O3.C2HF3O2/c16-12(10-11-4-2-1-3-5-11)15(21)17-8-9-18-13(19)6-7-14(18)20;3-2(4,5)1(6)7/h1-7,12H,8-10,16H2,(H,17,21);(H,6,7). The molecule has 0 fully saturated rings. The summed E-state index contributed by atoms with van der Waals surface area (Å²) in [5, 5.41) is 9.76. The second-order valence-corrected chi connectivity index (χ2v) is 5.55. The van der Waals surface area contributed by atoms with Gasteiger partial charge in [0.2, 0.25) is 5.91 Å². The summed E-state index contributed by atoms with van der Waals surface area (Å²) in [6.45, 7) is 0.342. The molecule has 11 heteroatoms. The van der Waals surface area contributed by atoms with Crippen LogP contribution >= 0.6 is 0 Å². The summed E-state index contributed by atoms with van der Waals surface area (Å²) in [6, 6.07) is 8.82. The molecule has 4 N–H and O–H groups in total. The Morgan fingerprint density at radius 1 is 1.11 bits per heavy atom. The highest BCUT2D eigenvalue weighted by molar-refractivity contribution is 6.12. The number of hydrogen-bond donors (Lipinski definition) is 3. The van der Waals surface area contributed by atoms with Crippen molar-refractivity contribution >= 4 is 23.7 Å². The highest BCUT2D eigenvalue weighted by Crippen LogP contribution is 2.13. The van der Waals surface area contributed by atoms with Crippen molar-refractivity contribution in [2.75, 3.05) is 13.1 Å². The monoisotopic (exact) mass is 401 g/mol. The number of amides is 3. The average molecular weight is 401 g/mol. The lowest BCUT2D eigenvalue weighted by Gasteiger charge is -2.16. The minimum absolute atomic E-state index is 0.147. The smallest absolute Gasteiger partial charge is 0.475 e. The summed E-state index contributed by atoms with van der Waals surface area (Å²) in [5.74, 6) is -3.77. The number of nitrogens with zero attached hydrogens (tertiary/aromatic N) is 1. The van der Waals surface area contributed by atoms with Crippen molar-refractivity contribution in [1.82, 2.24) is 10.2 Å². The molecule has 1 unspecified atom stereocenters. The molecule has 0 saturated heterocycles. The first-order valence-corrected chi connectivity index (χ1v) is 7.93. The third-order valence-electron chi connectivity index (χ3n) is 3.41. The first-order chi connectivity index (χ1) is 13.0. The van der Waals surface area contributed by atoms with Gasteiger partial charge in [0.1, 0.15) is 0 Å². The van der Waals surface area contributed by atoms with Crippen molar-refractivity contribution < 1.29 is 37.5 Å². The average Bonchev–Trinajstić information content (AvgIpc) is 2.94. The molecular formula is C17H18F3N3O5. The molecule has 0 radical (unpaired) electrons. The molecule has 1 aliphatic heterocycles. The molecule has 28 heavy (non-hydrogen) atoms. The lowest BCUT2D eigenvalue weighted by Crippen LogP contribution is -2.45. The Labute approximate surface area is 157 Å². The van der Waals surface area contributed by atoms with Gasteiger partial charge in [-0.15, -0.1) is 0 Å². The fraction of sp³-hybridized carbons (Fsp3) is 0.294. The van der Waals surface area contributed by atoms with Crippen molar-refractivity contribution in [3.63, 3.8) is 0 Å². The molecule has 1 aromatic carbocycles. The Hall–Kier alpha value is -3.21. The van der Waals surface area contributed by atoms with Crippen LogP contribution in [0.5, 0.6) is 0 Å². The molecule has 0 aromatic heterocycles. The Kier molecular flexibility index (Phi) is 8.32. The summed E-state index contributed by atoms with van der Waals surface area (Å²) in [4.78, 5) is 44.4. The van der Waals surface area contributed by atoms with Gasteiger partial charge in [0, 0.05) is 25.2 Å². The third-order valence-corrected chi connectivity index (χ3v) is 3.41. The molecule has 8 nitrogen and oxygen atoms in total. The van der Waals surface area contributed by atoms with E-state index in [4.69, 9.17) is 15.6 Å². The van der Waals surface area contributed by atoms with Crippen molar-refractivity contribution in [3.8, 4) is 0 Å². The molecule has 1 aliphatic rings. The lowest BCUT2D eigenvalue weighted by molar-refractivity contribution is -0.192. The van der Waals surface area contributed by atoms with Crippen LogP contribution in [0.4, 0.5) is 13.2 Å². The molecule has 1 atom stereocenters. The minimum atomic E-state index is -5.08. The van der Waals surface area contributed by atoms with E-state index in [2.05, 4.69) is 5.32 Å². The number of carbonyl (C=O) groups excluding carboxylic acids is 3. The Morgan fingerprint density at radius 2 is 1.61 bits per heavy atom. The molecule has 3 amide bonds. The number of carbonyl (C=O) groups is 4. The summed E-state index contributed by atoms with van der Waals surface area (Å²) < 4.78 is 31.7. The van der Waals surface area contributed by atoms with Crippen LogP contribution in [0.1, 0.15) is 5.56 Å². The van der Waals surface area contributed by atoms with Gasteiger partial charge < -0.3 is 16.2 Å². The SMILES string of the molecule is NC(Cc1ccccc1)C(=O)NCCN1C(=O)C=CC1=O.O=C(O)C(F)(F)F. The van der Waals surface area contributed by atoms with Crippen LogP contribution < -0.4 is 11.1 Å². The molecule has 0 saturated carbocycles. The number of carboxylic acid groups (broad SMARTS) is 1. The number of imide groups is 1.